The van der Waals surface area contributed by atoms with Gasteiger partial charge in [0.1, 0.15) is 4.90 Å². The summed E-state index contributed by atoms with van der Waals surface area (Å²) in [6.45, 7) is 2.63. The molecule has 11 heteroatoms. The summed E-state index contributed by atoms with van der Waals surface area (Å²) in [7, 11) is -3.74. The van der Waals surface area contributed by atoms with E-state index >= 15 is 0 Å². The molecule has 0 atom stereocenters. The van der Waals surface area contributed by atoms with Gasteiger partial charge in [0, 0.05) is 18.7 Å². The number of hydrogen-bond donors (Lipinski definition) is 1. The smallest absolute Gasteiger partial charge is 0.268 e. The SMILES string of the molecule is CCN1c2ccccc2-c2nc(SCC(=O)NCc3ccc4c(c3)OCO4)ncc2S1(=O)=O. The molecule has 1 N–H and O–H groups in total. The summed E-state index contributed by atoms with van der Waals surface area (Å²) in [5, 5.41) is 3.19. The molecular formula is C22H20N4O5S2. The highest BCUT2D eigenvalue weighted by Gasteiger charge is 2.35. The zero-order valence-electron chi connectivity index (χ0n) is 17.6. The van der Waals surface area contributed by atoms with E-state index in [9.17, 15) is 13.2 Å². The van der Waals surface area contributed by atoms with Gasteiger partial charge in [-0.1, -0.05) is 36.0 Å². The van der Waals surface area contributed by atoms with E-state index in [1.807, 2.05) is 30.3 Å². The molecule has 1 aromatic heterocycles. The number of anilines is 1. The second-order valence-corrected chi connectivity index (χ2v) is 10.1. The summed E-state index contributed by atoms with van der Waals surface area (Å²) in [4.78, 5) is 21.1. The lowest BCUT2D eigenvalue weighted by Crippen LogP contribution is -2.34. The minimum Gasteiger partial charge on any atom is -0.454 e. The minimum absolute atomic E-state index is 0.0691. The Labute approximate surface area is 195 Å². The van der Waals surface area contributed by atoms with Crippen molar-refractivity contribution in [2.24, 2.45) is 0 Å². The number of carbonyl (C=O) groups excluding carboxylic acids is 1. The Hall–Kier alpha value is -3.31. The van der Waals surface area contributed by atoms with Crippen LogP contribution < -0.4 is 19.1 Å². The van der Waals surface area contributed by atoms with Crippen molar-refractivity contribution in [3.63, 3.8) is 0 Å². The van der Waals surface area contributed by atoms with Gasteiger partial charge in [-0.2, -0.15) is 0 Å². The van der Waals surface area contributed by atoms with Crippen LogP contribution in [0.3, 0.4) is 0 Å². The number of benzene rings is 2. The Balaban J connectivity index is 1.29. The molecule has 0 spiro atoms. The topological polar surface area (TPSA) is 111 Å². The van der Waals surface area contributed by atoms with Crippen molar-refractivity contribution in [3.8, 4) is 22.8 Å². The second kappa shape index (κ2) is 8.56. The Morgan fingerprint density at radius 1 is 1.18 bits per heavy atom. The lowest BCUT2D eigenvalue weighted by atomic mass is 10.1. The molecule has 33 heavy (non-hydrogen) atoms. The summed E-state index contributed by atoms with van der Waals surface area (Å²) < 4.78 is 38.0. The molecule has 0 bridgehead atoms. The number of sulfonamides is 1. The van der Waals surface area contributed by atoms with Gasteiger partial charge in [-0.15, -0.1) is 0 Å². The minimum atomic E-state index is -3.74. The maximum absolute atomic E-state index is 13.0. The van der Waals surface area contributed by atoms with E-state index < -0.39 is 10.0 Å². The monoisotopic (exact) mass is 484 g/mol. The van der Waals surface area contributed by atoms with Crippen molar-refractivity contribution in [1.29, 1.82) is 0 Å². The van der Waals surface area contributed by atoms with Gasteiger partial charge >= 0.3 is 0 Å². The molecule has 0 saturated carbocycles. The van der Waals surface area contributed by atoms with Gasteiger partial charge in [-0.05, 0) is 30.7 Å². The summed E-state index contributed by atoms with van der Waals surface area (Å²) in [6, 6.07) is 12.7. The molecule has 9 nitrogen and oxygen atoms in total. The first-order chi connectivity index (χ1) is 16.0. The van der Waals surface area contributed by atoms with Crippen LogP contribution in [0.2, 0.25) is 0 Å². The number of rotatable bonds is 6. The number of para-hydroxylation sites is 1. The van der Waals surface area contributed by atoms with E-state index in [0.717, 1.165) is 22.9 Å². The van der Waals surface area contributed by atoms with Gasteiger partial charge < -0.3 is 14.8 Å². The molecule has 0 aliphatic carbocycles. The van der Waals surface area contributed by atoms with Crippen molar-refractivity contribution in [2.45, 2.75) is 23.5 Å². The van der Waals surface area contributed by atoms with Gasteiger partial charge in [0.25, 0.3) is 10.0 Å². The summed E-state index contributed by atoms with van der Waals surface area (Å²) in [5.41, 5.74) is 2.56. The maximum atomic E-state index is 13.0. The quantitative estimate of drug-likeness (QED) is 0.420. The van der Waals surface area contributed by atoms with E-state index in [4.69, 9.17) is 9.47 Å². The fourth-order valence-corrected chi connectivity index (χ4v) is 5.95. The third-order valence-electron chi connectivity index (χ3n) is 5.28. The molecule has 2 aromatic carbocycles. The van der Waals surface area contributed by atoms with E-state index in [2.05, 4.69) is 15.3 Å². The van der Waals surface area contributed by atoms with Crippen molar-refractivity contribution < 1.29 is 22.7 Å². The Morgan fingerprint density at radius 2 is 2.00 bits per heavy atom. The molecule has 170 valence electrons. The van der Waals surface area contributed by atoms with Crippen molar-refractivity contribution in [3.05, 3.63) is 54.2 Å². The van der Waals surface area contributed by atoms with Crippen LogP contribution in [0, 0.1) is 0 Å². The lowest BCUT2D eigenvalue weighted by molar-refractivity contribution is -0.118. The molecule has 0 unspecified atom stereocenters. The highest BCUT2D eigenvalue weighted by molar-refractivity contribution is 7.99. The molecule has 0 fully saturated rings. The molecule has 3 aromatic rings. The number of nitrogens with zero attached hydrogens (tertiary/aromatic N) is 3. The number of amides is 1. The fraction of sp³-hybridized carbons (Fsp3) is 0.227. The molecule has 5 rings (SSSR count). The van der Waals surface area contributed by atoms with Gasteiger partial charge in [-0.3, -0.25) is 9.10 Å². The van der Waals surface area contributed by atoms with Gasteiger partial charge in [0.05, 0.1) is 23.3 Å². The largest absolute Gasteiger partial charge is 0.454 e. The average molecular weight is 485 g/mol. The standard InChI is InChI=1S/C22H20N4O5S2/c1-2-26-16-6-4-3-5-15(16)21-19(33(26,28)29)11-24-22(25-21)32-12-20(27)23-10-14-7-8-17-18(9-14)31-13-30-17/h3-9,11H,2,10,12-13H2,1H3,(H,23,27). The van der Waals surface area contributed by atoms with Crippen LogP contribution in [0.1, 0.15) is 12.5 Å². The van der Waals surface area contributed by atoms with Crippen LogP contribution in [-0.4, -0.2) is 43.4 Å². The van der Waals surface area contributed by atoms with E-state index in [1.165, 1.54) is 10.5 Å². The maximum Gasteiger partial charge on any atom is 0.268 e. The molecule has 0 saturated heterocycles. The molecule has 1 amide bonds. The molecule has 2 aliphatic rings. The Kier molecular flexibility index (Phi) is 5.59. The predicted octanol–water partition coefficient (Wildman–Crippen LogP) is 2.81. The second-order valence-electron chi connectivity index (χ2n) is 7.31. The number of thioether (sulfide) groups is 1. The molecule has 2 aliphatic heterocycles. The number of nitrogens with one attached hydrogen (secondary N) is 1. The van der Waals surface area contributed by atoms with Crippen LogP contribution in [0.15, 0.2) is 58.7 Å². The normalized spacial score (nSPS) is 15.0. The predicted molar refractivity (Wildman–Crippen MR) is 123 cm³/mol. The van der Waals surface area contributed by atoms with Crippen LogP contribution in [0.4, 0.5) is 5.69 Å². The zero-order valence-corrected chi connectivity index (χ0v) is 19.3. The van der Waals surface area contributed by atoms with Gasteiger partial charge in [0.2, 0.25) is 12.7 Å². The van der Waals surface area contributed by atoms with E-state index in [0.29, 0.717) is 41.1 Å². The van der Waals surface area contributed by atoms with Crippen LogP contribution >= 0.6 is 11.8 Å². The molecule has 0 radical (unpaired) electrons. The summed E-state index contributed by atoms with van der Waals surface area (Å²) in [6.07, 6.45) is 1.32. The number of carbonyl (C=O) groups is 1. The first-order valence-corrected chi connectivity index (χ1v) is 12.7. The zero-order chi connectivity index (χ0) is 23.0. The Bertz CT molecular complexity index is 1350. The van der Waals surface area contributed by atoms with Crippen molar-refractivity contribution in [2.75, 3.05) is 23.4 Å². The van der Waals surface area contributed by atoms with Gasteiger partial charge in [-0.25, -0.2) is 18.4 Å². The lowest BCUT2D eigenvalue weighted by Gasteiger charge is -2.30. The first-order valence-electron chi connectivity index (χ1n) is 10.2. The number of ether oxygens (including phenoxy) is 2. The van der Waals surface area contributed by atoms with Crippen molar-refractivity contribution >= 4 is 33.4 Å². The summed E-state index contributed by atoms with van der Waals surface area (Å²) >= 11 is 1.15. The van der Waals surface area contributed by atoms with Crippen LogP contribution in [0.5, 0.6) is 11.5 Å². The fourth-order valence-electron chi connectivity index (χ4n) is 3.72. The highest BCUT2D eigenvalue weighted by atomic mass is 32.2. The number of aromatic nitrogens is 2. The molecular weight excluding hydrogens is 464 g/mol. The van der Waals surface area contributed by atoms with Crippen LogP contribution in [0.25, 0.3) is 11.3 Å². The third-order valence-corrected chi connectivity index (χ3v) is 8.03. The van der Waals surface area contributed by atoms with Crippen LogP contribution in [-0.2, 0) is 21.4 Å². The van der Waals surface area contributed by atoms with Gasteiger partial charge in [0.15, 0.2) is 16.7 Å². The average Bonchev–Trinajstić information content (AvgIpc) is 3.29. The first kappa shape index (κ1) is 21.5. The summed E-state index contributed by atoms with van der Waals surface area (Å²) in [5.74, 6) is 1.26. The number of hydrogen-bond acceptors (Lipinski definition) is 8. The van der Waals surface area contributed by atoms with Crippen molar-refractivity contribution in [1.82, 2.24) is 15.3 Å². The third kappa shape index (κ3) is 3.98. The van der Waals surface area contributed by atoms with E-state index in [1.54, 1.807) is 19.1 Å². The number of fused-ring (bicyclic) bond motifs is 4. The highest BCUT2D eigenvalue weighted by Crippen LogP contribution is 2.41. The Morgan fingerprint density at radius 3 is 2.85 bits per heavy atom. The van der Waals surface area contributed by atoms with E-state index in [-0.39, 0.29) is 23.3 Å². The molecule has 3 heterocycles.